The fourth-order valence-corrected chi connectivity index (χ4v) is 1.81. The zero-order valence-corrected chi connectivity index (χ0v) is 10.7. The van der Waals surface area contributed by atoms with E-state index in [4.69, 9.17) is 23.8 Å². The van der Waals surface area contributed by atoms with Gasteiger partial charge in [-0.3, -0.25) is 4.79 Å². The van der Waals surface area contributed by atoms with Crippen molar-refractivity contribution in [3.63, 3.8) is 0 Å². The predicted octanol–water partition coefficient (Wildman–Crippen LogP) is 3.16. The van der Waals surface area contributed by atoms with Crippen molar-refractivity contribution >= 4 is 28.9 Å². The number of halogens is 1. The molecule has 0 heterocycles. The Balaban J connectivity index is 2.23. The van der Waals surface area contributed by atoms with E-state index in [2.05, 4.69) is 11.2 Å². The van der Waals surface area contributed by atoms with E-state index in [9.17, 15) is 4.79 Å². The maximum atomic E-state index is 12.1. The molecule has 2 rings (SSSR count). The molecule has 4 heteroatoms. The van der Waals surface area contributed by atoms with Gasteiger partial charge in [0.25, 0.3) is 5.91 Å². The number of hydrogen-bond acceptors (Lipinski definition) is 2. The second kappa shape index (κ2) is 5.47. The molecular formula is C15H11ClN2O. The lowest BCUT2D eigenvalue weighted by Crippen LogP contribution is -2.14. The van der Waals surface area contributed by atoms with Crippen LogP contribution in [0.1, 0.15) is 15.9 Å². The normalized spacial score (nSPS) is 9.68. The largest absolute Gasteiger partial charge is 0.398 e. The molecule has 0 aliphatic rings. The van der Waals surface area contributed by atoms with E-state index in [1.54, 1.807) is 36.4 Å². The highest BCUT2D eigenvalue weighted by Crippen LogP contribution is 2.19. The van der Waals surface area contributed by atoms with Gasteiger partial charge < -0.3 is 11.1 Å². The van der Waals surface area contributed by atoms with Gasteiger partial charge in [-0.05, 0) is 36.4 Å². The van der Waals surface area contributed by atoms with E-state index >= 15 is 0 Å². The zero-order chi connectivity index (χ0) is 13.8. The van der Waals surface area contributed by atoms with Gasteiger partial charge in [0.05, 0.1) is 5.56 Å². The van der Waals surface area contributed by atoms with Crippen molar-refractivity contribution in [1.82, 2.24) is 0 Å². The average molecular weight is 271 g/mol. The van der Waals surface area contributed by atoms with Crippen LogP contribution < -0.4 is 11.1 Å². The molecule has 0 saturated carbocycles. The van der Waals surface area contributed by atoms with Crippen molar-refractivity contribution in [2.75, 3.05) is 11.1 Å². The SMILES string of the molecule is C#Cc1cccc(NC(=O)c2ccc(Cl)cc2N)c1. The molecule has 0 bridgehead atoms. The maximum Gasteiger partial charge on any atom is 0.257 e. The van der Waals surface area contributed by atoms with Crippen LogP contribution in [0.25, 0.3) is 0 Å². The summed E-state index contributed by atoms with van der Waals surface area (Å²) in [5.74, 6) is 2.20. The Hall–Kier alpha value is -2.44. The Bertz CT molecular complexity index is 674. The van der Waals surface area contributed by atoms with Gasteiger partial charge in [0.2, 0.25) is 0 Å². The van der Waals surface area contributed by atoms with Gasteiger partial charge in [0.15, 0.2) is 0 Å². The van der Waals surface area contributed by atoms with Crippen LogP contribution >= 0.6 is 11.6 Å². The minimum atomic E-state index is -0.302. The van der Waals surface area contributed by atoms with Gasteiger partial charge in [0, 0.05) is 22.0 Å². The third kappa shape index (κ3) is 3.06. The third-order valence-electron chi connectivity index (χ3n) is 2.55. The Morgan fingerprint density at radius 1 is 1.26 bits per heavy atom. The molecule has 2 aromatic carbocycles. The summed E-state index contributed by atoms with van der Waals surface area (Å²) in [7, 11) is 0. The molecule has 0 atom stereocenters. The fourth-order valence-electron chi connectivity index (χ4n) is 1.63. The number of carbonyl (C=O) groups excluding carboxylic acids is 1. The highest BCUT2D eigenvalue weighted by molar-refractivity contribution is 6.31. The molecular weight excluding hydrogens is 260 g/mol. The van der Waals surface area contributed by atoms with Crippen LogP contribution in [0.5, 0.6) is 0 Å². The number of nitrogens with two attached hydrogens (primary N) is 1. The molecule has 94 valence electrons. The number of rotatable bonds is 2. The molecule has 0 fully saturated rings. The van der Waals surface area contributed by atoms with Crippen molar-refractivity contribution in [3.05, 3.63) is 58.6 Å². The number of benzene rings is 2. The first kappa shape index (κ1) is 13.0. The van der Waals surface area contributed by atoms with Crippen LogP contribution in [-0.2, 0) is 0 Å². The second-order valence-corrected chi connectivity index (χ2v) is 4.35. The highest BCUT2D eigenvalue weighted by atomic mass is 35.5. The summed E-state index contributed by atoms with van der Waals surface area (Å²) in [6.07, 6.45) is 5.30. The van der Waals surface area contributed by atoms with Gasteiger partial charge in [-0.25, -0.2) is 0 Å². The maximum absolute atomic E-state index is 12.1. The van der Waals surface area contributed by atoms with Gasteiger partial charge in [-0.2, -0.15) is 0 Å². The molecule has 0 aliphatic heterocycles. The summed E-state index contributed by atoms with van der Waals surface area (Å²) in [4.78, 5) is 12.1. The molecule has 3 nitrogen and oxygen atoms in total. The summed E-state index contributed by atoms with van der Waals surface area (Å²) in [6.45, 7) is 0. The lowest BCUT2D eigenvalue weighted by Gasteiger charge is -2.08. The van der Waals surface area contributed by atoms with Gasteiger partial charge in [-0.1, -0.05) is 23.6 Å². The summed E-state index contributed by atoms with van der Waals surface area (Å²) in [6, 6.07) is 11.8. The Morgan fingerprint density at radius 2 is 2.05 bits per heavy atom. The minimum absolute atomic E-state index is 0.302. The molecule has 0 spiro atoms. The van der Waals surface area contributed by atoms with Crippen LogP contribution in [-0.4, -0.2) is 5.91 Å². The number of carbonyl (C=O) groups is 1. The molecule has 0 aromatic heterocycles. The van der Waals surface area contributed by atoms with Crippen LogP contribution in [0, 0.1) is 12.3 Å². The summed E-state index contributed by atoms with van der Waals surface area (Å²) >= 11 is 5.79. The average Bonchev–Trinajstić information content (AvgIpc) is 2.38. The van der Waals surface area contributed by atoms with Crippen LogP contribution in [0.2, 0.25) is 5.02 Å². The standard InChI is InChI=1S/C15H11ClN2O/c1-2-10-4-3-5-12(8-10)18-15(19)13-7-6-11(16)9-14(13)17/h1,3-9H,17H2,(H,18,19). The van der Waals surface area contributed by atoms with E-state index in [1.165, 1.54) is 6.07 Å². The second-order valence-electron chi connectivity index (χ2n) is 3.91. The van der Waals surface area contributed by atoms with E-state index < -0.39 is 0 Å². The molecule has 2 aromatic rings. The molecule has 1 amide bonds. The van der Waals surface area contributed by atoms with Crippen LogP contribution in [0.15, 0.2) is 42.5 Å². The van der Waals surface area contributed by atoms with Crippen molar-refractivity contribution < 1.29 is 4.79 Å². The first-order valence-electron chi connectivity index (χ1n) is 5.53. The van der Waals surface area contributed by atoms with E-state index in [0.29, 0.717) is 27.5 Å². The van der Waals surface area contributed by atoms with Crippen molar-refractivity contribution in [2.45, 2.75) is 0 Å². The first-order valence-corrected chi connectivity index (χ1v) is 5.91. The first-order chi connectivity index (χ1) is 9.10. The lowest BCUT2D eigenvalue weighted by molar-refractivity contribution is 0.102. The topological polar surface area (TPSA) is 55.1 Å². The Kier molecular flexibility index (Phi) is 3.74. The van der Waals surface area contributed by atoms with E-state index in [0.717, 1.165) is 0 Å². The van der Waals surface area contributed by atoms with Crippen molar-refractivity contribution in [1.29, 1.82) is 0 Å². The van der Waals surface area contributed by atoms with Crippen LogP contribution in [0.4, 0.5) is 11.4 Å². The monoisotopic (exact) mass is 270 g/mol. The molecule has 0 radical (unpaired) electrons. The van der Waals surface area contributed by atoms with E-state index in [1.807, 2.05) is 0 Å². The molecule has 0 unspecified atom stereocenters. The van der Waals surface area contributed by atoms with Crippen molar-refractivity contribution in [3.8, 4) is 12.3 Å². The highest BCUT2D eigenvalue weighted by Gasteiger charge is 2.10. The minimum Gasteiger partial charge on any atom is -0.398 e. The predicted molar refractivity (Wildman–Crippen MR) is 78.2 cm³/mol. The van der Waals surface area contributed by atoms with E-state index in [-0.39, 0.29) is 5.91 Å². The van der Waals surface area contributed by atoms with Gasteiger partial charge in [0.1, 0.15) is 0 Å². The summed E-state index contributed by atoms with van der Waals surface area (Å²) in [5, 5.41) is 3.22. The summed E-state index contributed by atoms with van der Waals surface area (Å²) in [5.41, 5.74) is 7.77. The summed E-state index contributed by atoms with van der Waals surface area (Å²) < 4.78 is 0. The third-order valence-corrected chi connectivity index (χ3v) is 2.78. The number of amides is 1. The number of hydrogen-bond donors (Lipinski definition) is 2. The lowest BCUT2D eigenvalue weighted by atomic mass is 10.1. The smallest absolute Gasteiger partial charge is 0.257 e. The van der Waals surface area contributed by atoms with Crippen LogP contribution in [0.3, 0.4) is 0 Å². The van der Waals surface area contributed by atoms with Gasteiger partial charge in [-0.15, -0.1) is 6.42 Å². The molecule has 0 saturated heterocycles. The number of anilines is 2. The quantitative estimate of drug-likeness (QED) is 0.651. The Morgan fingerprint density at radius 3 is 2.74 bits per heavy atom. The number of terminal acetylenes is 1. The fraction of sp³-hybridized carbons (Fsp3) is 0. The molecule has 0 aliphatic carbocycles. The molecule has 3 N–H and O–H groups in total. The zero-order valence-electron chi connectivity index (χ0n) is 9.98. The number of nitrogen functional groups attached to an aromatic ring is 1. The number of nitrogens with one attached hydrogen (secondary N) is 1. The molecule has 19 heavy (non-hydrogen) atoms. The van der Waals surface area contributed by atoms with Crippen molar-refractivity contribution in [2.24, 2.45) is 0 Å². The van der Waals surface area contributed by atoms with Gasteiger partial charge >= 0.3 is 0 Å². The Labute approximate surface area is 116 Å².